The van der Waals surface area contributed by atoms with E-state index in [1.165, 1.54) is 25.0 Å². The number of rotatable bonds is 6. The molecule has 3 atom stereocenters. The van der Waals surface area contributed by atoms with Crippen LogP contribution >= 0.6 is 0 Å². The third-order valence-electron chi connectivity index (χ3n) is 6.77. The second kappa shape index (κ2) is 6.32. The highest BCUT2D eigenvalue weighted by molar-refractivity contribution is 5.76. The topological polar surface area (TPSA) is 81.5 Å². The summed E-state index contributed by atoms with van der Waals surface area (Å²) in [6.45, 7) is 7.22. The van der Waals surface area contributed by atoms with Crippen molar-refractivity contribution in [3.05, 3.63) is 34.4 Å². The van der Waals surface area contributed by atoms with Crippen molar-refractivity contribution in [1.82, 2.24) is 5.32 Å². The van der Waals surface area contributed by atoms with Gasteiger partial charge in [-0.25, -0.2) is 0 Å². The van der Waals surface area contributed by atoms with Gasteiger partial charge in [0.15, 0.2) is 0 Å². The van der Waals surface area contributed by atoms with Gasteiger partial charge < -0.3 is 10.1 Å². The van der Waals surface area contributed by atoms with Crippen LogP contribution in [0.1, 0.15) is 46.5 Å². The van der Waals surface area contributed by atoms with E-state index in [1.54, 1.807) is 12.1 Å². The van der Waals surface area contributed by atoms with Gasteiger partial charge >= 0.3 is 0 Å². The van der Waals surface area contributed by atoms with Crippen molar-refractivity contribution < 1.29 is 14.5 Å². The summed E-state index contributed by atoms with van der Waals surface area (Å²) in [5, 5.41) is 13.8. The van der Waals surface area contributed by atoms with Crippen LogP contribution in [0.15, 0.2) is 24.3 Å². The van der Waals surface area contributed by atoms with Crippen molar-refractivity contribution in [2.45, 2.75) is 52.5 Å². The van der Waals surface area contributed by atoms with Gasteiger partial charge in [-0.05, 0) is 48.1 Å². The number of hydrogen-bond acceptors (Lipinski definition) is 4. The smallest absolute Gasteiger partial charge is 0.269 e. The summed E-state index contributed by atoms with van der Waals surface area (Å²) >= 11 is 0. The minimum absolute atomic E-state index is 0.0106. The first-order valence-corrected chi connectivity index (χ1v) is 8.90. The fourth-order valence-corrected chi connectivity index (χ4v) is 4.61. The van der Waals surface area contributed by atoms with Gasteiger partial charge in [-0.3, -0.25) is 14.9 Å². The molecule has 25 heavy (non-hydrogen) atoms. The Morgan fingerprint density at radius 3 is 2.52 bits per heavy atom. The molecule has 6 nitrogen and oxygen atoms in total. The normalized spacial score (nSPS) is 29.4. The molecule has 2 saturated carbocycles. The van der Waals surface area contributed by atoms with Gasteiger partial charge in [0.25, 0.3) is 5.69 Å². The van der Waals surface area contributed by atoms with Crippen LogP contribution in [-0.4, -0.2) is 23.5 Å². The van der Waals surface area contributed by atoms with E-state index in [0.29, 0.717) is 11.7 Å². The fraction of sp³-hybridized carbons (Fsp3) is 0.632. The second-order valence-electron chi connectivity index (χ2n) is 8.08. The Morgan fingerprint density at radius 1 is 1.32 bits per heavy atom. The van der Waals surface area contributed by atoms with Crippen LogP contribution in [0.5, 0.6) is 5.75 Å². The molecule has 3 unspecified atom stereocenters. The molecule has 3 rings (SSSR count). The first-order chi connectivity index (χ1) is 11.7. The summed E-state index contributed by atoms with van der Waals surface area (Å²) in [4.78, 5) is 22.5. The molecule has 1 amide bonds. The third kappa shape index (κ3) is 3.10. The van der Waals surface area contributed by atoms with Crippen LogP contribution < -0.4 is 10.1 Å². The van der Waals surface area contributed by atoms with E-state index >= 15 is 0 Å². The van der Waals surface area contributed by atoms with Gasteiger partial charge in [-0.1, -0.05) is 20.8 Å². The van der Waals surface area contributed by atoms with Crippen molar-refractivity contribution in [2.75, 3.05) is 6.61 Å². The zero-order chi connectivity index (χ0) is 18.2. The quantitative estimate of drug-likeness (QED) is 0.629. The van der Waals surface area contributed by atoms with Crippen molar-refractivity contribution in [1.29, 1.82) is 0 Å². The molecule has 6 heteroatoms. The van der Waals surface area contributed by atoms with Crippen molar-refractivity contribution >= 4 is 11.6 Å². The molecular weight excluding hydrogens is 320 g/mol. The Bertz CT molecular complexity index is 671. The highest BCUT2D eigenvalue weighted by Gasteiger charge is 2.61. The summed E-state index contributed by atoms with van der Waals surface area (Å²) in [5.41, 5.74) is 0.476. The maximum atomic E-state index is 12.3. The summed E-state index contributed by atoms with van der Waals surface area (Å²) < 4.78 is 5.52. The van der Waals surface area contributed by atoms with Gasteiger partial charge in [-0.2, -0.15) is 0 Å². The number of carbonyl (C=O) groups is 1. The van der Waals surface area contributed by atoms with Crippen molar-refractivity contribution in [2.24, 2.45) is 16.7 Å². The fourth-order valence-electron chi connectivity index (χ4n) is 4.61. The van der Waals surface area contributed by atoms with Crippen LogP contribution in [0.2, 0.25) is 0 Å². The van der Waals surface area contributed by atoms with E-state index in [9.17, 15) is 14.9 Å². The Balaban J connectivity index is 1.47. The minimum atomic E-state index is -0.450. The average molecular weight is 346 g/mol. The molecule has 1 N–H and O–H groups in total. The van der Waals surface area contributed by atoms with E-state index in [2.05, 4.69) is 26.1 Å². The lowest BCUT2D eigenvalue weighted by atomic mass is 9.69. The van der Waals surface area contributed by atoms with E-state index < -0.39 is 4.92 Å². The number of hydrogen-bond donors (Lipinski definition) is 1. The number of benzene rings is 1. The molecule has 2 aliphatic carbocycles. The van der Waals surface area contributed by atoms with Gasteiger partial charge in [0.1, 0.15) is 5.75 Å². The van der Waals surface area contributed by atoms with E-state index in [0.717, 1.165) is 6.42 Å². The number of ether oxygens (including phenoxy) is 1. The van der Waals surface area contributed by atoms with E-state index in [1.807, 2.05) is 0 Å². The first-order valence-electron chi connectivity index (χ1n) is 8.90. The van der Waals surface area contributed by atoms with Crippen LogP contribution in [0.25, 0.3) is 0 Å². The Labute approximate surface area is 148 Å². The van der Waals surface area contributed by atoms with Crippen molar-refractivity contribution in [3.8, 4) is 5.75 Å². The van der Waals surface area contributed by atoms with Crippen LogP contribution in [0.3, 0.4) is 0 Å². The molecule has 0 heterocycles. The summed E-state index contributed by atoms with van der Waals surface area (Å²) in [7, 11) is 0. The predicted molar refractivity (Wildman–Crippen MR) is 94.4 cm³/mol. The average Bonchev–Trinajstić information content (AvgIpc) is 2.88. The number of non-ortho nitro benzene ring substituents is 1. The predicted octanol–water partition coefficient (Wildman–Crippen LogP) is 3.69. The monoisotopic (exact) mass is 346 g/mol. The number of amides is 1. The maximum absolute atomic E-state index is 12.3. The van der Waals surface area contributed by atoms with Gasteiger partial charge in [0.05, 0.1) is 18.0 Å². The number of fused-ring (bicyclic) bond motifs is 2. The molecule has 0 aliphatic heterocycles. The first kappa shape index (κ1) is 17.7. The number of nitro benzene ring substituents is 1. The highest BCUT2D eigenvalue weighted by atomic mass is 16.6. The maximum Gasteiger partial charge on any atom is 0.269 e. The van der Waals surface area contributed by atoms with E-state index in [4.69, 9.17) is 4.74 Å². The lowest BCUT2D eigenvalue weighted by Crippen LogP contribution is -2.47. The molecule has 1 aromatic rings. The SMILES string of the molecule is CC1(C)C2CCC1(C)C(NC(=O)CCOc1ccc([N+](=O)[O-])cc1)C2. The van der Waals surface area contributed by atoms with Gasteiger partial charge in [-0.15, -0.1) is 0 Å². The second-order valence-corrected chi connectivity index (χ2v) is 8.08. The number of nitrogens with zero attached hydrogens (tertiary/aromatic N) is 1. The molecule has 136 valence electrons. The highest BCUT2D eigenvalue weighted by Crippen LogP contribution is 2.65. The molecule has 1 aromatic carbocycles. The molecule has 0 spiro atoms. The van der Waals surface area contributed by atoms with E-state index in [-0.39, 0.29) is 41.5 Å². The zero-order valence-corrected chi connectivity index (χ0v) is 15.1. The van der Waals surface area contributed by atoms with Crippen molar-refractivity contribution in [3.63, 3.8) is 0 Å². The molecule has 0 radical (unpaired) electrons. The third-order valence-corrected chi connectivity index (χ3v) is 6.77. The molecule has 2 fully saturated rings. The summed E-state index contributed by atoms with van der Waals surface area (Å²) in [6.07, 6.45) is 3.79. The zero-order valence-electron chi connectivity index (χ0n) is 15.1. The summed E-state index contributed by atoms with van der Waals surface area (Å²) in [5.74, 6) is 1.24. The lowest BCUT2D eigenvalue weighted by molar-refractivity contribution is -0.384. The van der Waals surface area contributed by atoms with Gasteiger partial charge in [0.2, 0.25) is 5.91 Å². The number of carbonyl (C=O) groups excluding carboxylic acids is 1. The Morgan fingerprint density at radius 2 is 2.00 bits per heavy atom. The molecule has 2 bridgehead atoms. The number of nitrogens with one attached hydrogen (secondary N) is 1. The number of nitro groups is 1. The largest absolute Gasteiger partial charge is 0.493 e. The molecular formula is C19H26N2O4. The Kier molecular flexibility index (Phi) is 4.47. The van der Waals surface area contributed by atoms with Gasteiger partial charge in [0, 0.05) is 18.2 Å². The Hall–Kier alpha value is -2.11. The molecule has 0 aromatic heterocycles. The van der Waals surface area contributed by atoms with Crippen LogP contribution in [0.4, 0.5) is 5.69 Å². The summed E-state index contributed by atoms with van der Waals surface area (Å²) in [6, 6.07) is 6.14. The minimum Gasteiger partial charge on any atom is -0.493 e. The lowest BCUT2D eigenvalue weighted by Gasteiger charge is -2.39. The van der Waals surface area contributed by atoms with Crippen LogP contribution in [0, 0.1) is 26.9 Å². The standard InChI is InChI=1S/C19H26N2O4/c1-18(2)13-8-10-19(18,3)16(12-13)20-17(22)9-11-25-15-6-4-14(5-7-15)21(23)24/h4-7,13,16H,8-12H2,1-3H3,(H,20,22). The molecule has 2 aliphatic rings. The van der Waals surface area contributed by atoms with Crippen LogP contribution in [-0.2, 0) is 4.79 Å². The molecule has 0 saturated heterocycles.